The average molecular weight is 349 g/mol. The monoisotopic (exact) mass is 349 g/mol. The van der Waals surface area contributed by atoms with Gasteiger partial charge in [-0.1, -0.05) is 0 Å². The molecule has 25 heavy (non-hydrogen) atoms. The number of ether oxygens (including phenoxy) is 2. The first-order chi connectivity index (χ1) is 11.9. The zero-order valence-corrected chi connectivity index (χ0v) is 14.5. The van der Waals surface area contributed by atoms with Crippen molar-refractivity contribution in [3.8, 4) is 11.5 Å². The lowest BCUT2D eigenvalue weighted by molar-refractivity contribution is -0.148. The topological polar surface area (TPSA) is 93.1 Å². The van der Waals surface area contributed by atoms with Gasteiger partial charge in [0.25, 0.3) is 0 Å². The van der Waals surface area contributed by atoms with Gasteiger partial charge in [-0.3, -0.25) is 9.59 Å². The number of rotatable bonds is 8. The van der Waals surface area contributed by atoms with Crippen LogP contribution < -0.4 is 9.47 Å². The first-order valence-electron chi connectivity index (χ1n) is 8.28. The van der Waals surface area contributed by atoms with E-state index in [1.807, 2.05) is 0 Å². The summed E-state index contributed by atoms with van der Waals surface area (Å²) in [5.74, 6) is -0.201. The van der Waals surface area contributed by atoms with Gasteiger partial charge >= 0.3 is 5.97 Å². The maximum Gasteiger partial charge on any atom is 0.326 e. The van der Waals surface area contributed by atoms with E-state index in [9.17, 15) is 14.4 Å². The third-order valence-corrected chi connectivity index (χ3v) is 4.22. The van der Waals surface area contributed by atoms with E-state index in [-0.39, 0.29) is 18.1 Å². The maximum absolute atomic E-state index is 12.2. The van der Waals surface area contributed by atoms with Crippen molar-refractivity contribution < 1.29 is 29.0 Å². The van der Waals surface area contributed by atoms with Crippen molar-refractivity contribution in [2.24, 2.45) is 0 Å². The number of methoxy groups -OCH3 is 1. The Bertz CT molecular complexity index is 657. The van der Waals surface area contributed by atoms with Gasteiger partial charge in [0.1, 0.15) is 6.04 Å². The van der Waals surface area contributed by atoms with Gasteiger partial charge in [0.05, 0.1) is 13.7 Å². The Morgan fingerprint density at radius 1 is 1.28 bits per heavy atom. The molecule has 1 aliphatic rings. The molecule has 1 amide bonds. The van der Waals surface area contributed by atoms with Crippen LogP contribution in [0.2, 0.25) is 0 Å². The zero-order valence-electron chi connectivity index (χ0n) is 14.5. The van der Waals surface area contributed by atoms with E-state index in [1.165, 1.54) is 18.9 Å². The number of ketones is 1. The van der Waals surface area contributed by atoms with Crippen LogP contribution in [0.25, 0.3) is 0 Å². The molecular weight excluding hydrogens is 326 g/mol. The van der Waals surface area contributed by atoms with E-state index in [4.69, 9.17) is 14.6 Å². The Kier molecular flexibility index (Phi) is 6.38. The lowest BCUT2D eigenvalue weighted by Crippen LogP contribution is -2.40. The summed E-state index contributed by atoms with van der Waals surface area (Å²) in [7, 11) is 1.50. The molecule has 136 valence electrons. The van der Waals surface area contributed by atoms with Crippen molar-refractivity contribution in [2.45, 2.75) is 38.6 Å². The Hall–Kier alpha value is -2.57. The number of carbonyl (C=O) groups excluding carboxylic acids is 2. The summed E-state index contributed by atoms with van der Waals surface area (Å²) in [6, 6.07) is 4.24. The highest BCUT2D eigenvalue weighted by molar-refractivity contribution is 5.94. The molecule has 1 aliphatic heterocycles. The van der Waals surface area contributed by atoms with Crippen LogP contribution in [0.15, 0.2) is 18.2 Å². The number of carboxylic acids is 1. The highest BCUT2D eigenvalue weighted by atomic mass is 16.5. The van der Waals surface area contributed by atoms with Crippen LogP contribution >= 0.6 is 0 Å². The quantitative estimate of drug-likeness (QED) is 0.571. The molecule has 1 N–H and O–H groups in total. The molecule has 0 aromatic heterocycles. The molecule has 0 bridgehead atoms. The number of carbonyl (C=O) groups is 3. The van der Waals surface area contributed by atoms with Crippen LogP contribution in [-0.2, 0) is 9.59 Å². The van der Waals surface area contributed by atoms with E-state index >= 15 is 0 Å². The molecule has 1 heterocycles. The van der Waals surface area contributed by atoms with E-state index in [0.29, 0.717) is 43.1 Å². The van der Waals surface area contributed by atoms with Crippen LogP contribution in [0.4, 0.5) is 0 Å². The minimum atomic E-state index is -0.947. The summed E-state index contributed by atoms with van der Waals surface area (Å²) in [4.78, 5) is 36.1. The SMILES string of the molecule is COc1cc(C(C)=O)ccc1OCCCC(=O)N1CCCC1C(=O)O. The lowest BCUT2D eigenvalue weighted by atomic mass is 10.1. The molecule has 2 rings (SSSR count). The summed E-state index contributed by atoms with van der Waals surface area (Å²) in [6.07, 6.45) is 1.94. The first kappa shape index (κ1) is 18.8. The van der Waals surface area contributed by atoms with Crippen LogP contribution in [0.5, 0.6) is 11.5 Å². The van der Waals surface area contributed by atoms with Gasteiger partial charge in [-0.2, -0.15) is 0 Å². The molecule has 1 unspecified atom stereocenters. The van der Waals surface area contributed by atoms with Gasteiger partial charge in [-0.25, -0.2) is 4.79 Å². The third kappa shape index (κ3) is 4.71. The maximum atomic E-state index is 12.2. The molecular formula is C18H23NO6. The second kappa shape index (κ2) is 8.50. The Morgan fingerprint density at radius 3 is 2.68 bits per heavy atom. The van der Waals surface area contributed by atoms with Crippen molar-refractivity contribution in [3.05, 3.63) is 23.8 Å². The smallest absolute Gasteiger partial charge is 0.326 e. The zero-order chi connectivity index (χ0) is 18.4. The number of hydrogen-bond acceptors (Lipinski definition) is 5. The molecule has 0 spiro atoms. The number of benzene rings is 1. The molecule has 7 heteroatoms. The second-order valence-corrected chi connectivity index (χ2v) is 5.96. The van der Waals surface area contributed by atoms with Crippen LogP contribution in [0.1, 0.15) is 43.0 Å². The number of likely N-dealkylation sites (tertiary alicyclic amines) is 1. The minimum Gasteiger partial charge on any atom is -0.493 e. The Balaban J connectivity index is 1.84. The highest BCUT2D eigenvalue weighted by Crippen LogP contribution is 2.28. The number of hydrogen-bond donors (Lipinski definition) is 1. The summed E-state index contributed by atoms with van der Waals surface area (Å²) < 4.78 is 10.8. The fourth-order valence-electron chi connectivity index (χ4n) is 2.88. The first-order valence-corrected chi connectivity index (χ1v) is 8.28. The molecule has 0 saturated carbocycles. The number of amides is 1. The molecule has 0 aliphatic carbocycles. The molecule has 7 nitrogen and oxygen atoms in total. The molecule has 1 fully saturated rings. The summed E-state index contributed by atoms with van der Waals surface area (Å²) in [5, 5.41) is 9.12. The van der Waals surface area contributed by atoms with E-state index in [2.05, 4.69) is 0 Å². The molecule has 1 aromatic carbocycles. The van der Waals surface area contributed by atoms with Crippen molar-refractivity contribution >= 4 is 17.7 Å². The standard InChI is InChI=1S/C18H23NO6/c1-12(20)13-7-8-15(16(11-13)24-2)25-10-4-6-17(21)19-9-3-5-14(19)18(22)23/h7-8,11,14H,3-6,9-10H2,1-2H3,(H,22,23). The van der Waals surface area contributed by atoms with Crippen LogP contribution in [0.3, 0.4) is 0 Å². The van der Waals surface area contributed by atoms with Gasteiger partial charge in [-0.15, -0.1) is 0 Å². The number of Topliss-reactive ketones (excluding diaryl/α,β-unsaturated/α-hetero) is 1. The highest BCUT2D eigenvalue weighted by Gasteiger charge is 2.33. The van der Waals surface area contributed by atoms with Gasteiger partial charge < -0.3 is 19.5 Å². The van der Waals surface area contributed by atoms with Crippen LogP contribution in [0, 0.1) is 0 Å². The molecule has 0 radical (unpaired) electrons. The van der Waals surface area contributed by atoms with Crippen molar-refractivity contribution in [1.82, 2.24) is 4.90 Å². The fraction of sp³-hybridized carbons (Fsp3) is 0.500. The largest absolute Gasteiger partial charge is 0.493 e. The average Bonchev–Trinajstić information content (AvgIpc) is 3.08. The number of nitrogens with zero attached hydrogens (tertiary/aromatic N) is 1. The molecule has 1 saturated heterocycles. The van der Waals surface area contributed by atoms with Crippen molar-refractivity contribution in [3.63, 3.8) is 0 Å². The minimum absolute atomic E-state index is 0.0611. The van der Waals surface area contributed by atoms with Gasteiger partial charge in [0, 0.05) is 18.5 Å². The Labute approximate surface area is 146 Å². The summed E-state index contributed by atoms with van der Waals surface area (Å²) in [6.45, 7) is 2.27. The van der Waals surface area contributed by atoms with Gasteiger partial charge in [0.2, 0.25) is 5.91 Å². The molecule has 1 aromatic rings. The lowest BCUT2D eigenvalue weighted by Gasteiger charge is -2.21. The third-order valence-electron chi connectivity index (χ3n) is 4.22. The molecule has 1 atom stereocenters. The van der Waals surface area contributed by atoms with E-state index < -0.39 is 12.0 Å². The number of aliphatic carboxylic acids is 1. The second-order valence-electron chi connectivity index (χ2n) is 5.96. The summed E-state index contributed by atoms with van der Waals surface area (Å²) in [5.41, 5.74) is 0.535. The van der Waals surface area contributed by atoms with Crippen molar-refractivity contribution in [1.29, 1.82) is 0 Å². The fourth-order valence-corrected chi connectivity index (χ4v) is 2.88. The van der Waals surface area contributed by atoms with E-state index in [0.717, 1.165) is 6.42 Å². The van der Waals surface area contributed by atoms with E-state index in [1.54, 1.807) is 18.2 Å². The van der Waals surface area contributed by atoms with Gasteiger partial charge in [-0.05, 0) is 44.4 Å². The van der Waals surface area contributed by atoms with Crippen LogP contribution in [-0.4, -0.2) is 54.0 Å². The predicted molar refractivity (Wildman–Crippen MR) is 90.1 cm³/mol. The predicted octanol–water partition coefficient (Wildman–Crippen LogP) is 2.13. The summed E-state index contributed by atoms with van der Waals surface area (Å²) >= 11 is 0. The normalized spacial score (nSPS) is 16.6. The Morgan fingerprint density at radius 2 is 2.04 bits per heavy atom. The van der Waals surface area contributed by atoms with Gasteiger partial charge in [0.15, 0.2) is 17.3 Å². The van der Waals surface area contributed by atoms with Crippen molar-refractivity contribution in [2.75, 3.05) is 20.3 Å². The number of carboxylic acid groups (broad SMARTS) is 1.